The summed E-state index contributed by atoms with van der Waals surface area (Å²) >= 11 is 1.57. The van der Waals surface area contributed by atoms with E-state index in [9.17, 15) is 4.79 Å². The van der Waals surface area contributed by atoms with Crippen LogP contribution >= 0.6 is 11.3 Å². The Balaban J connectivity index is 2.00. The van der Waals surface area contributed by atoms with Crippen LogP contribution in [0.1, 0.15) is 31.2 Å². The third-order valence-electron chi connectivity index (χ3n) is 2.78. The molecule has 2 nitrogen and oxygen atoms in total. The average Bonchev–Trinajstić information content (AvgIpc) is 2.86. The number of nitrogens with zero attached hydrogens (tertiary/aromatic N) is 1. The Morgan fingerprint density at radius 1 is 1.28 bits per heavy atom. The molecule has 0 saturated carbocycles. The summed E-state index contributed by atoms with van der Waals surface area (Å²) in [6.45, 7) is 2.10. The number of Topliss-reactive ketones (excluding diaryl/α,β-unsaturated/α-hetero) is 1. The van der Waals surface area contributed by atoms with Crippen LogP contribution in [0.25, 0.3) is 11.3 Å². The van der Waals surface area contributed by atoms with Gasteiger partial charge in [0, 0.05) is 17.4 Å². The summed E-state index contributed by atoms with van der Waals surface area (Å²) in [5.74, 6) is 0.297. The summed E-state index contributed by atoms with van der Waals surface area (Å²) in [6.07, 6.45) is 3.21. The van der Waals surface area contributed by atoms with E-state index in [1.807, 2.05) is 35.7 Å². The highest BCUT2D eigenvalue weighted by molar-refractivity contribution is 7.10. The molecule has 0 spiro atoms. The van der Waals surface area contributed by atoms with Gasteiger partial charge in [-0.3, -0.25) is 4.79 Å². The first-order valence-electron chi connectivity index (χ1n) is 6.31. The number of hydrogen-bond donors (Lipinski definition) is 0. The van der Waals surface area contributed by atoms with E-state index in [-0.39, 0.29) is 0 Å². The van der Waals surface area contributed by atoms with Crippen molar-refractivity contribution in [1.29, 1.82) is 0 Å². The third kappa shape index (κ3) is 3.50. The minimum absolute atomic E-state index is 0.297. The number of carbonyl (C=O) groups is 1. The molecule has 0 aliphatic heterocycles. The van der Waals surface area contributed by atoms with Gasteiger partial charge in [0.15, 0.2) is 0 Å². The van der Waals surface area contributed by atoms with E-state index in [2.05, 4.69) is 11.9 Å². The molecule has 0 amide bonds. The van der Waals surface area contributed by atoms with Crippen molar-refractivity contribution in [2.75, 3.05) is 0 Å². The van der Waals surface area contributed by atoms with E-state index in [1.54, 1.807) is 11.3 Å². The molecule has 1 aromatic carbocycles. The molecule has 2 rings (SSSR count). The second-order valence-corrected chi connectivity index (χ2v) is 5.25. The normalized spacial score (nSPS) is 10.5. The minimum atomic E-state index is 0.297. The van der Waals surface area contributed by atoms with Crippen molar-refractivity contribution < 1.29 is 4.79 Å². The van der Waals surface area contributed by atoms with Crippen molar-refractivity contribution in [3.63, 3.8) is 0 Å². The van der Waals surface area contributed by atoms with Gasteiger partial charge in [-0.15, -0.1) is 11.3 Å². The van der Waals surface area contributed by atoms with E-state index in [1.165, 1.54) is 0 Å². The number of aromatic nitrogens is 1. The third-order valence-corrected chi connectivity index (χ3v) is 3.63. The molecule has 0 fully saturated rings. The number of benzene rings is 1. The first-order valence-corrected chi connectivity index (χ1v) is 7.19. The topological polar surface area (TPSA) is 30.0 Å². The molecule has 94 valence electrons. The first kappa shape index (κ1) is 13.0. The Morgan fingerprint density at radius 3 is 2.78 bits per heavy atom. The maximum absolute atomic E-state index is 11.7. The second-order valence-electron chi connectivity index (χ2n) is 4.31. The van der Waals surface area contributed by atoms with Gasteiger partial charge in [0.05, 0.1) is 12.1 Å². The molecule has 1 aromatic heterocycles. The number of carbonyl (C=O) groups excluding carboxylic acids is 1. The Labute approximate surface area is 112 Å². The number of ketones is 1. The van der Waals surface area contributed by atoms with Crippen molar-refractivity contribution in [1.82, 2.24) is 4.98 Å². The van der Waals surface area contributed by atoms with Gasteiger partial charge in [0.25, 0.3) is 0 Å². The summed E-state index contributed by atoms with van der Waals surface area (Å²) < 4.78 is 0. The van der Waals surface area contributed by atoms with Crippen LogP contribution < -0.4 is 0 Å². The van der Waals surface area contributed by atoms with Gasteiger partial charge in [-0.2, -0.15) is 0 Å². The van der Waals surface area contributed by atoms with Crippen LogP contribution in [0.3, 0.4) is 0 Å². The molecule has 0 unspecified atom stereocenters. The molecule has 0 bridgehead atoms. The van der Waals surface area contributed by atoms with Gasteiger partial charge in [-0.25, -0.2) is 4.98 Å². The maximum Gasteiger partial charge on any atom is 0.139 e. The zero-order chi connectivity index (χ0) is 12.8. The predicted octanol–water partition coefficient (Wildman–Crippen LogP) is 4.11. The number of thiazole rings is 1. The van der Waals surface area contributed by atoms with Gasteiger partial charge < -0.3 is 0 Å². The number of unbranched alkanes of at least 4 members (excludes halogenated alkanes) is 1. The van der Waals surface area contributed by atoms with Crippen molar-refractivity contribution in [2.45, 2.75) is 32.6 Å². The molecule has 18 heavy (non-hydrogen) atoms. The highest BCUT2D eigenvalue weighted by atomic mass is 32.1. The molecule has 0 radical (unpaired) electrons. The molecule has 3 heteroatoms. The fourth-order valence-corrected chi connectivity index (χ4v) is 2.60. The molecule has 2 aromatic rings. The highest BCUT2D eigenvalue weighted by Crippen LogP contribution is 2.22. The summed E-state index contributed by atoms with van der Waals surface area (Å²) in [4.78, 5) is 16.2. The molecular formula is C15H17NOS. The lowest BCUT2D eigenvalue weighted by atomic mass is 10.1. The molecule has 0 saturated heterocycles. The Hall–Kier alpha value is -1.48. The molecular weight excluding hydrogens is 242 g/mol. The van der Waals surface area contributed by atoms with Crippen LogP contribution in [0.5, 0.6) is 0 Å². The van der Waals surface area contributed by atoms with Crippen molar-refractivity contribution in [3.8, 4) is 11.3 Å². The second kappa shape index (κ2) is 6.45. The van der Waals surface area contributed by atoms with Crippen LogP contribution in [0, 0.1) is 0 Å². The molecule has 0 N–H and O–H groups in total. The number of hydrogen-bond acceptors (Lipinski definition) is 3. The van der Waals surface area contributed by atoms with E-state index in [0.29, 0.717) is 18.6 Å². The standard InChI is InChI=1S/C15H17NOS/c1-2-3-9-13(17)10-15-16-14(11-18-15)12-7-5-4-6-8-12/h4-8,11H,2-3,9-10H2,1H3. The summed E-state index contributed by atoms with van der Waals surface area (Å²) in [7, 11) is 0. The van der Waals surface area contributed by atoms with E-state index in [0.717, 1.165) is 29.1 Å². The largest absolute Gasteiger partial charge is 0.299 e. The molecule has 0 aliphatic rings. The lowest BCUT2D eigenvalue weighted by Gasteiger charge is -1.96. The lowest BCUT2D eigenvalue weighted by Crippen LogP contribution is -2.01. The SMILES string of the molecule is CCCCC(=O)Cc1nc(-c2ccccc2)cs1. The van der Waals surface area contributed by atoms with E-state index in [4.69, 9.17) is 0 Å². The van der Waals surface area contributed by atoms with Crippen molar-refractivity contribution in [3.05, 3.63) is 40.7 Å². The quantitative estimate of drug-likeness (QED) is 0.781. The highest BCUT2D eigenvalue weighted by Gasteiger charge is 2.08. The smallest absolute Gasteiger partial charge is 0.139 e. The lowest BCUT2D eigenvalue weighted by molar-refractivity contribution is -0.118. The van der Waals surface area contributed by atoms with Crippen LogP contribution in [0.4, 0.5) is 0 Å². The van der Waals surface area contributed by atoms with Crippen LogP contribution in [0.15, 0.2) is 35.7 Å². The Kier molecular flexibility index (Phi) is 4.65. The van der Waals surface area contributed by atoms with Gasteiger partial charge in [-0.05, 0) is 6.42 Å². The fraction of sp³-hybridized carbons (Fsp3) is 0.333. The van der Waals surface area contributed by atoms with E-state index < -0.39 is 0 Å². The molecule has 0 aliphatic carbocycles. The summed E-state index contributed by atoms with van der Waals surface area (Å²) in [5.41, 5.74) is 2.08. The van der Waals surface area contributed by atoms with Crippen molar-refractivity contribution in [2.24, 2.45) is 0 Å². The van der Waals surface area contributed by atoms with Crippen molar-refractivity contribution >= 4 is 17.1 Å². The minimum Gasteiger partial charge on any atom is -0.299 e. The van der Waals surface area contributed by atoms with Crippen LogP contribution in [-0.4, -0.2) is 10.8 Å². The maximum atomic E-state index is 11.7. The monoisotopic (exact) mass is 259 g/mol. The zero-order valence-electron chi connectivity index (χ0n) is 10.6. The van der Waals surface area contributed by atoms with E-state index >= 15 is 0 Å². The molecule has 1 heterocycles. The first-order chi connectivity index (χ1) is 8.79. The van der Waals surface area contributed by atoms with Gasteiger partial charge in [0.2, 0.25) is 0 Å². The summed E-state index contributed by atoms with van der Waals surface area (Å²) in [5, 5.41) is 2.95. The van der Waals surface area contributed by atoms with Gasteiger partial charge in [-0.1, -0.05) is 43.7 Å². The predicted molar refractivity (Wildman–Crippen MR) is 75.8 cm³/mol. The summed E-state index contributed by atoms with van der Waals surface area (Å²) in [6, 6.07) is 10.1. The van der Waals surface area contributed by atoms with Crippen LogP contribution in [-0.2, 0) is 11.2 Å². The van der Waals surface area contributed by atoms with Crippen LogP contribution in [0.2, 0.25) is 0 Å². The fourth-order valence-electron chi connectivity index (χ4n) is 1.76. The Bertz CT molecular complexity index is 504. The van der Waals surface area contributed by atoms with Gasteiger partial charge in [0.1, 0.15) is 10.8 Å². The zero-order valence-corrected chi connectivity index (χ0v) is 11.4. The number of rotatable bonds is 6. The Morgan fingerprint density at radius 2 is 2.06 bits per heavy atom. The van der Waals surface area contributed by atoms with Gasteiger partial charge >= 0.3 is 0 Å². The average molecular weight is 259 g/mol. The molecule has 0 atom stereocenters.